The molecule has 132 valence electrons. The number of β-lactam (4-membered cyclic amide) rings is 1. The maximum absolute atomic E-state index is 12.6. The van der Waals surface area contributed by atoms with E-state index in [9.17, 15) is 24.3 Å². The number of ether oxygens (including phenoxy) is 1. The van der Waals surface area contributed by atoms with Gasteiger partial charge in [0.1, 0.15) is 11.3 Å². The van der Waals surface area contributed by atoms with Crippen LogP contribution in [0.5, 0.6) is 0 Å². The fraction of sp³-hybridized carbons (Fsp3) is 0.400. The van der Waals surface area contributed by atoms with Gasteiger partial charge in [0.15, 0.2) is 6.04 Å². The van der Waals surface area contributed by atoms with Gasteiger partial charge in [0.05, 0.1) is 12.0 Å². The summed E-state index contributed by atoms with van der Waals surface area (Å²) in [6.45, 7) is 0. The highest BCUT2D eigenvalue weighted by molar-refractivity contribution is 8.00. The Morgan fingerprint density at radius 1 is 1.56 bits per heavy atom. The first-order chi connectivity index (χ1) is 11.9. The second-order valence-electron chi connectivity index (χ2n) is 5.49. The predicted molar refractivity (Wildman–Crippen MR) is 89.6 cm³/mol. The molecule has 2 aliphatic heterocycles. The number of methoxy groups -OCH3 is 1. The van der Waals surface area contributed by atoms with Crippen LogP contribution in [0.3, 0.4) is 0 Å². The largest absolute Gasteiger partial charge is 0.479 e. The van der Waals surface area contributed by atoms with Gasteiger partial charge in [-0.3, -0.25) is 9.59 Å². The van der Waals surface area contributed by atoms with Crippen LogP contribution in [0, 0.1) is 0 Å². The van der Waals surface area contributed by atoms with Crippen molar-refractivity contribution in [3.8, 4) is 0 Å². The van der Waals surface area contributed by atoms with Crippen LogP contribution in [0.4, 0.5) is 0 Å². The third-order valence-electron chi connectivity index (χ3n) is 4.08. The topological polar surface area (TPSA) is 113 Å². The van der Waals surface area contributed by atoms with Crippen molar-refractivity contribution in [3.05, 3.63) is 28.0 Å². The third kappa shape index (κ3) is 2.77. The minimum atomic E-state index is -1.62. The number of hydrogen-bond acceptors (Lipinski definition) is 7. The van der Waals surface area contributed by atoms with Gasteiger partial charge in [-0.15, -0.1) is 23.1 Å². The van der Waals surface area contributed by atoms with E-state index in [0.29, 0.717) is 0 Å². The summed E-state index contributed by atoms with van der Waals surface area (Å²) in [5.41, 5.74) is -1.64. The molecule has 0 radical (unpaired) electrons. The number of hydrogen-bond donors (Lipinski definition) is 2. The lowest BCUT2D eigenvalue weighted by atomic mass is 9.94. The number of carboxylic acid groups (broad SMARTS) is 1. The Morgan fingerprint density at radius 2 is 2.32 bits per heavy atom. The Kier molecular flexibility index (Phi) is 4.70. The maximum Gasteiger partial charge on any atom is 0.331 e. The molecule has 0 spiro atoms. The van der Waals surface area contributed by atoms with E-state index < -0.39 is 34.9 Å². The normalized spacial score (nSPS) is 28.0. The molecule has 0 aliphatic carbocycles. The molecule has 8 nitrogen and oxygen atoms in total. The molecule has 2 amide bonds. The van der Waals surface area contributed by atoms with Crippen LogP contribution in [0.25, 0.3) is 0 Å². The number of carbonyl (C=O) groups is 3. The number of thioether (sulfide) groups is 1. The number of thiophene rings is 1. The highest BCUT2D eigenvalue weighted by atomic mass is 32.2. The highest BCUT2D eigenvalue weighted by Crippen LogP contribution is 2.46. The Bertz CT molecular complexity index is 773. The minimum Gasteiger partial charge on any atom is -0.479 e. The van der Waals surface area contributed by atoms with Crippen molar-refractivity contribution in [2.24, 2.45) is 0 Å². The number of rotatable bonds is 5. The summed E-state index contributed by atoms with van der Waals surface area (Å²) < 4.78 is 5.30. The average Bonchev–Trinajstić information content (AvgIpc) is 3.10. The number of nitrogens with zero attached hydrogens (tertiary/aromatic N) is 1. The molecule has 0 bridgehead atoms. The average molecular weight is 382 g/mol. The molecule has 2 unspecified atom stereocenters. The molecule has 3 atom stereocenters. The maximum atomic E-state index is 12.6. The van der Waals surface area contributed by atoms with Gasteiger partial charge in [0, 0.05) is 17.7 Å². The Labute approximate surface area is 150 Å². The summed E-state index contributed by atoms with van der Waals surface area (Å²) >= 11 is 2.57. The van der Waals surface area contributed by atoms with Gasteiger partial charge < -0.3 is 20.1 Å². The van der Waals surface area contributed by atoms with Crippen molar-refractivity contribution in [1.82, 2.24) is 10.2 Å². The SMILES string of the molecule is COC1(NC(=O)Cc2cccs2)C(=O)N2C(C(=O)O)C(=C=O)CS[C@H]21. The summed E-state index contributed by atoms with van der Waals surface area (Å²) in [6.07, 6.45) is 0.0926. The Morgan fingerprint density at radius 3 is 2.88 bits per heavy atom. The van der Waals surface area contributed by atoms with Crippen LogP contribution in [-0.2, 0) is 30.3 Å². The quantitative estimate of drug-likeness (QED) is 0.414. The smallest absolute Gasteiger partial charge is 0.331 e. The highest BCUT2D eigenvalue weighted by Gasteiger charge is 2.68. The first kappa shape index (κ1) is 17.7. The molecule has 3 rings (SSSR count). The van der Waals surface area contributed by atoms with Crippen molar-refractivity contribution in [2.45, 2.75) is 23.6 Å². The molecule has 3 heterocycles. The molecule has 2 N–H and O–H groups in total. The molecule has 10 heteroatoms. The van der Waals surface area contributed by atoms with Gasteiger partial charge >= 0.3 is 5.97 Å². The lowest BCUT2D eigenvalue weighted by molar-refractivity contribution is -0.201. The van der Waals surface area contributed by atoms with E-state index in [1.807, 2.05) is 11.4 Å². The monoisotopic (exact) mass is 382 g/mol. The van der Waals surface area contributed by atoms with E-state index >= 15 is 0 Å². The van der Waals surface area contributed by atoms with Gasteiger partial charge in [0.2, 0.25) is 5.91 Å². The summed E-state index contributed by atoms with van der Waals surface area (Å²) in [7, 11) is 1.28. The fourth-order valence-corrected chi connectivity index (χ4v) is 5.06. The van der Waals surface area contributed by atoms with Crippen LogP contribution in [0.2, 0.25) is 0 Å². The van der Waals surface area contributed by atoms with E-state index in [0.717, 1.165) is 21.5 Å². The van der Waals surface area contributed by atoms with Crippen molar-refractivity contribution in [2.75, 3.05) is 12.9 Å². The molecule has 2 fully saturated rings. The molecule has 25 heavy (non-hydrogen) atoms. The van der Waals surface area contributed by atoms with Crippen molar-refractivity contribution >= 4 is 46.8 Å². The van der Waals surface area contributed by atoms with Crippen LogP contribution in [-0.4, -0.2) is 63.7 Å². The van der Waals surface area contributed by atoms with E-state index in [2.05, 4.69) is 5.32 Å². The first-order valence-electron chi connectivity index (χ1n) is 7.24. The second-order valence-corrected chi connectivity index (χ2v) is 7.59. The van der Waals surface area contributed by atoms with Gasteiger partial charge in [-0.25, -0.2) is 9.59 Å². The molecule has 0 aromatic carbocycles. The van der Waals surface area contributed by atoms with Crippen LogP contribution < -0.4 is 5.32 Å². The summed E-state index contributed by atoms with van der Waals surface area (Å²) in [6, 6.07) is 2.24. The predicted octanol–water partition coefficient (Wildman–Crippen LogP) is -0.124. The minimum absolute atomic E-state index is 0.0169. The molecular weight excluding hydrogens is 368 g/mol. The zero-order valence-electron chi connectivity index (χ0n) is 13.1. The zero-order chi connectivity index (χ0) is 18.2. The summed E-state index contributed by atoms with van der Waals surface area (Å²) in [4.78, 5) is 49.2. The lowest BCUT2D eigenvalue weighted by Gasteiger charge is -2.57. The van der Waals surface area contributed by atoms with Crippen molar-refractivity contribution in [3.63, 3.8) is 0 Å². The summed E-state index contributed by atoms with van der Waals surface area (Å²) in [5, 5.41) is 13.1. The second kappa shape index (κ2) is 6.64. The number of fused-ring (bicyclic) bond motifs is 1. The summed E-state index contributed by atoms with van der Waals surface area (Å²) in [5.74, 6) is -0.704. The molecule has 2 saturated heterocycles. The van der Waals surface area contributed by atoms with Crippen LogP contribution in [0.15, 0.2) is 23.1 Å². The standard InChI is InChI=1S/C15H14N2O6S2/c1-23-15(16-10(19)5-9-3-2-4-24-9)13(22)17-11(12(20)21)8(6-18)7-25-14(15)17/h2-4,11,14H,5,7H2,1H3,(H,16,19)(H,20,21)/t11?,14-,15?/m0/s1. The first-order valence-corrected chi connectivity index (χ1v) is 9.17. The van der Waals surface area contributed by atoms with Crippen molar-refractivity contribution in [1.29, 1.82) is 0 Å². The fourth-order valence-electron chi connectivity index (χ4n) is 2.93. The van der Waals surface area contributed by atoms with E-state index in [-0.39, 0.29) is 17.7 Å². The number of amides is 2. The van der Waals surface area contributed by atoms with E-state index in [1.165, 1.54) is 18.4 Å². The number of carbonyl (C=O) groups excluding carboxylic acids is 3. The van der Waals surface area contributed by atoms with E-state index in [1.54, 1.807) is 12.0 Å². The number of aliphatic carboxylic acids is 1. The van der Waals surface area contributed by atoms with Gasteiger partial charge in [-0.2, -0.15) is 0 Å². The Hall–Kier alpha value is -2.13. The van der Waals surface area contributed by atoms with Crippen LogP contribution >= 0.6 is 23.1 Å². The van der Waals surface area contributed by atoms with Gasteiger partial charge in [0.25, 0.3) is 11.6 Å². The zero-order valence-corrected chi connectivity index (χ0v) is 14.7. The number of nitrogens with one attached hydrogen (secondary N) is 1. The van der Waals surface area contributed by atoms with Gasteiger partial charge in [-0.1, -0.05) is 6.07 Å². The number of carboxylic acids is 1. The molecule has 0 saturated carbocycles. The molecule has 1 aromatic heterocycles. The Balaban J connectivity index is 1.81. The molecular formula is C15H14N2O6S2. The molecule has 2 aliphatic rings. The lowest BCUT2D eigenvalue weighted by Crippen LogP contribution is -2.83. The van der Waals surface area contributed by atoms with Gasteiger partial charge in [-0.05, 0) is 11.4 Å². The van der Waals surface area contributed by atoms with Crippen LogP contribution in [0.1, 0.15) is 4.88 Å². The van der Waals surface area contributed by atoms with E-state index in [4.69, 9.17) is 4.74 Å². The molecule has 1 aromatic rings. The van der Waals surface area contributed by atoms with Crippen molar-refractivity contribution < 1.29 is 29.0 Å². The third-order valence-corrected chi connectivity index (χ3v) is 6.31.